The van der Waals surface area contributed by atoms with Gasteiger partial charge in [-0.2, -0.15) is 0 Å². The number of hydrogen-bond donors (Lipinski definition) is 10. The molecule has 15 atom stereocenters. The molecule has 0 amide bonds. The average molecular weight is 547 g/mol. The van der Waals surface area contributed by atoms with Gasteiger partial charge < -0.3 is 79.5 Å². The molecule has 0 aromatic rings. The second kappa shape index (κ2) is 13.6. The highest BCUT2D eigenvalue weighted by atomic mass is 16.7. The van der Waals surface area contributed by atoms with Crippen molar-refractivity contribution >= 4 is 0 Å². The molecular weight excluding hydrogens is 508 g/mol. The maximum absolute atomic E-state index is 10.9. The molecule has 3 rings (SSSR count). The lowest BCUT2D eigenvalue weighted by molar-refractivity contribution is -0.366. The zero-order valence-corrected chi connectivity index (χ0v) is 20.1. The standard InChI is InChI=1S/C21H38O16/c1-2-3-32-20-17(31)18(37-21-16(30)14(28)11(25)8(5-23)35-21)12(26)9(36-20)6-33-19-15(29)13(27)10(24)7(4-22)34-19/h7-31H,2-6H2,1H3/t7-,8-,9-,10-,11-,12-,13+,14+,15+,16?,17+,18+,19+,20+,21-/m1/s1. The fraction of sp³-hybridized carbons (Fsp3) is 1.00. The average Bonchev–Trinajstić information content (AvgIpc) is 2.89. The highest BCUT2D eigenvalue weighted by Crippen LogP contribution is 2.31. The van der Waals surface area contributed by atoms with Gasteiger partial charge in [0.15, 0.2) is 18.9 Å². The number of ether oxygens (including phenoxy) is 6. The number of aliphatic hydroxyl groups excluding tert-OH is 10. The maximum Gasteiger partial charge on any atom is 0.187 e. The Balaban J connectivity index is 1.73. The van der Waals surface area contributed by atoms with Crippen LogP contribution in [0, 0.1) is 0 Å². The van der Waals surface area contributed by atoms with Gasteiger partial charge in [-0.05, 0) is 6.42 Å². The van der Waals surface area contributed by atoms with Crippen molar-refractivity contribution in [1.82, 2.24) is 0 Å². The molecule has 0 aliphatic carbocycles. The minimum absolute atomic E-state index is 0.144. The van der Waals surface area contributed by atoms with Gasteiger partial charge in [0.05, 0.1) is 19.8 Å². The Morgan fingerprint density at radius 1 is 0.541 bits per heavy atom. The fourth-order valence-electron chi connectivity index (χ4n) is 4.30. The second-order valence-corrected chi connectivity index (χ2v) is 9.22. The van der Waals surface area contributed by atoms with Gasteiger partial charge >= 0.3 is 0 Å². The topological polar surface area (TPSA) is 258 Å². The fourth-order valence-corrected chi connectivity index (χ4v) is 4.30. The lowest BCUT2D eigenvalue weighted by Crippen LogP contribution is -2.65. The normalized spacial score (nSPS) is 49.2. The van der Waals surface area contributed by atoms with Crippen LogP contribution in [-0.4, -0.2) is 170 Å². The van der Waals surface area contributed by atoms with Gasteiger partial charge in [0.25, 0.3) is 0 Å². The summed E-state index contributed by atoms with van der Waals surface area (Å²) in [6, 6.07) is 0. The molecular formula is C21H38O16. The van der Waals surface area contributed by atoms with Crippen molar-refractivity contribution in [2.75, 3.05) is 26.4 Å². The predicted molar refractivity (Wildman–Crippen MR) is 115 cm³/mol. The van der Waals surface area contributed by atoms with Crippen LogP contribution in [0.5, 0.6) is 0 Å². The van der Waals surface area contributed by atoms with Gasteiger partial charge in [-0.15, -0.1) is 0 Å². The molecule has 1 unspecified atom stereocenters. The molecule has 218 valence electrons. The summed E-state index contributed by atoms with van der Waals surface area (Å²) >= 11 is 0. The molecule has 16 heteroatoms. The van der Waals surface area contributed by atoms with E-state index in [1.54, 1.807) is 6.92 Å². The molecule has 0 saturated carbocycles. The summed E-state index contributed by atoms with van der Waals surface area (Å²) in [7, 11) is 0. The molecule has 3 heterocycles. The first kappa shape index (κ1) is 30.9. The summed E-state index contributed by atoms with van der Waals surface area (Å²) in [5.74, 6) is 0. The van der Waals surface area contributed by atoms with Crippen LogP contribution >= 0.6 is 0 Å². The Labute approximate surface area is 212 Å². The van der Waals surface area contributed by atoms with Crippen molar-refractivity contribution in [1.29, 1.82) is 0 Å². The van der Waals surface area contributed by atoms with E-state index < -0.39 is 112 Å². The summed E-state index contributed by atoms with van der Waals surface area (Å²) in [5, 5.41) is 101. The summed E-state index contributed by atoms with van der Waals surface area (Å²) < 4.78 is 32.7. The highest BCUT2D eigenvalue weighted by Gasteiger charge is 2.52. The third kappa shape index (κ3) is 6.75. The largest absolute Gasteiger partial charge is 0.394 e. The SMILES string of the molecule is CCCO[C@H]1O[C@H](CO[C@H]2O[C@H](CO)[C@@H](O)[C@H](O)[C@@H]2O)[C@@H](O)[C@H](O[C@H]2O[C@H](CO)[C@@H](O)[C@H](O)C2O)[C@@H]1O. The van der Waals surface area contributed by atoms with Crippen LogP contribution in [0.4, 0.5) is 0 Å². The molecule has 37 heavy (non-hydrogen) atoms. The van der Waals surface area contributed by atoms with E-state index >= 15 is 0 Å². The van der Waals surface area contributed by atoms with Crippen molar-refractivity contribution in [3.63, 3.8) is 0 Å². The molecule has 3 fully saturated rings. The Hall–Kier alpha value is -0.640. The first-order chi connectivity index (χ1) is 17.5. The Morgan fingerprint density at radius 3 is 1.57 bits per heavy atom. The van der Waals surface area contributed by atoms with Crippen molar-refractivity contribution in [2.24, 2.45) is 0 Å². The van der Waals surface area contributed by atoms with E-state index in [0.29, 0.717) is 6.42 Å². The summed E-state index contributed by atoms with van der Waals surface area (Å²) in [6.45, 7) is 0.0245. The van der Waals surface area contributed by atoms with Crippen LogP contribution in [0.1, 0.15) is 13.3 Å². The third-order valence-corrected chi connectivity index (χ3v) is 6.54. The second-order valence-electron chi connectivity index (χ2n) is 9.22. The van der Waals surface area contributed by atoms with Crippen LogP contribution in [0.2, 0.25) is 0 Å². The van der Waals surface area contributed by atoms with Crippen molar-refractivity contribution in [2.45, 2.75) is 105 Å². The van der Waals surface area contributed by atoms with Crippen molar-refractivity contribution in [3.05, 3.63) is 0 Å². The lowest BCUT2D eigenvalue weighted by Gasteiger charge is -2.46. The van der Waals surface area contributed by atoms with Crippen LogP contribution < -0.4 is 0 Å². The molecule has 16 nitrogen and oxygen atoms in total. The van der Waals surface area contributed by atoms with E-state index in [1.807, 2.05) is 0 Å². The highest BCUT2D eigenvalue weighted by molar-refractivity contribution is 4.95. The lowest BCUT2D eigenvalue weighted by atomic mass is 9.96. The van der Waals surface area contributed by atoms with E-state index in [9.17, 15) is 51.1 Å². The third-order valence-electron chi connectivity index (χ3n) is 6.54. The van der Waals surface area contributed by atoms with Gasteiger partial charge in [0.1, 0.15) is 73.2 Å². The number of rotatable bonds is 10. The predicted octanol–water partition coefficient (Wildman–Crippen LogP) is -6.14. The van der Waals surface area contributed by atoms with E-state index in [0.717, 1.165) is 0 Å². The molecule has 3 aliphatic heterocycles. The van der Waals surface area contributed by atoms with Gasteiger partial charge in [-0.3, -0.25) is 0 Å². The smallest absolute Gasteiger partial charge is 0.187 e. The zero-order valence-electron chi connectivity index (χ0n) is 20.1. The van der Waals surface area contributed by atoms with Gasteiger partial charge in [-0.1, -0.05) is 6.92 Å². The van der Waals surface area contributed by atoms with Crippen LogP contribution in [0.15, 0.2) is 0 Å². The van der Waals surface area contributed by atoms with Gasteiger partial charge in [0, 0.05) is 6.61 Å². The molecule has 0 aromatic heterocycles. The minimum Gasteiger partial charge on any atom is -0.394 e. The van der Waals surface area contributed by atoms with Crippen LogP contribution in [0.25, 0.3) is 0 Å². The summed E-state index contributed by atoms with van der Waals surface area (Å²) in [4.78, 5) is 0. The molecule has 0 spiro atoms. The zero-order chi connectivity index (χ0) is 27.4. The van der Waals surface area contributed by atoms with E-state index in [4.69, 9.17) is 28.4 Å². The first-order valence-corrected chi connectivity index (χ1v) is 12.1. The Morgan fingerprint density at radius 2 is 1.03 bits per heavy atom. The molecule has 3 aliphatic rings. The summed E-state index contributed by atoms with van der Waals surface area (Å²) in [5.41, 5.74) is 0. The minimum atomic E-state index is -1.81. The maximum atomic E-state index is 10.9. The van der Waals surface area contributed by atoms with E-state index in [-0.39, 0.29) is 6.61 Å². The van der Waals surface area contributed by atoms with Crippen LogP contribution in [-0.2, 0) is 28.4 Å². The molecule has 10 N–H and O–H groups in total. The Bertz CT molecular complexity index is 683. The Kier molecular flexibility index (Phi) is 11.4. The monoisotopic (exact) mass is 546 g/mol. The van der Waals surface area contributed by atoms with Gasteiger partial charge in [-0.25, -0.2) is 0 Å². The van der Waals surface area contributed by atoms with Crippen molar-refractivity contribution < 1.29 is 79.5 Å². The van der Waals surface area contributed by atoms with E-state index in [1.165, 1.54) is 0 Å². The van der Waals surface area contributed by atoms with E-state index in [2.05, 4.69) is 0 Å². The van der Waals surface area contributed by atoms with Gasteiger partial charge in [0.2, 0.25) is 0 Å². The summed E-state index contributed by atoms with van der Waals surface area (Å²) in [6.07, 6.45) is -22.9. The number of hydrogen-bond acceptors (Lipinski definition) is 16. The molecule has 3 saturated heterocycles. The quantitative estimate of drug-likeness (QED) is 0.122. The molecule has 0 aromatic carbocycles. The van der Waals surface area contributed by atoms with Crippen molar-refractivity contribution in [3.8, 4) is 0 Å². The van der Waals surface area contributed by atoms with Crippen LogP contribution in [0.3, 0.4) is 0 Å². The molecule has 0 radical (unpaired) electrons. The molecule has 0 bridgehead atoms. The number of aliphatic hydroxyl groups is 10. The first-order valence-electron chi connectivity index (χ1n) is 12.1.